The van der Waals surface area contributed by atoms with Gasteiger partial charge in [-0.3, -0.25) is 4.79 Å². The minimum atomic E-state index is -0.422. The van der Waals surface area contributed by atoms with E-state index >= 15 is 0 Å². The molecule has 0 heterocycles. The summed E-state index contributed by atoms with van der Waals surface area (Å²) in [6, 6.07) is -0.422. The van der Waals surface area contributed by atoms with E-state index < -0.39 is 6.04 Å². The Hall–Kier alpha value is -0.810. The third-order valence-electron chi connectivity index (χ3n) is 4.10. The lowest BCUT2D eigenvalue weighted by Crippen LogP contribution is -2.32. The zero-order valence-electron chi connectivity index (χ0n) is 9.11. The molecule has 4 unspecified atom stereocenters. The lowest BCUT2D eigenvalue weighted by atomic mass is 9.84. The van der Waals surface area contributed by atoms with Gasteiger partial charge in [0, 0.05) is 12.8 Å². The molecule has 2 heteroatoms. The largest absolute Gasteiger partial charge is 0.321 e. The molecule has 2 N–H and O–H groups in total. The first-order valence-electron chi connectivity index (χ1n) is 5.92. The van der Waals surface area contributed by atoms with E-state index in [-0.39, 0.29) is 5.78 Å². The Morgan fingerprint density at radius 2 is 2.27 bits per heavy atom. The molecule has 2 fully saturated rings. The molecule has 2 nitrogen and oxygen atoms in total. The molecule has 2 aliphatic rings. The van der Waals surface area contributed by atoms with Crippen LogP contribution in [0.1, 0.15) is 38.5 Å². The molecule has 2 bridgehead atoms. The number of carbonyl (C=O) groups is 1. The minimum absolute atomic E-state index is 0.172. The smallest absolute Gasteiger partial charge is 0.150 e. The topological polar surface area (TPSA) is 43.1 Å². The quantitative estimate of drug-likeness (QED) is 0.710. The number of rotatable bonds is 4. The molecule has 2 rings (SSSR count). The first kappa shape index (κ1) is 10.7. The number of hydrogen-bond acceptors (Lipinski definition) is 2. The number of Topliss-reactive ketones (excluding diaryl/α,β-unsaturated/α-hetero) is 1. The Bertz CT molecular complexity index is 291. The average Bonchev–Trinajstić information content (AvgIpc) is 2.79. The predicted octanol–water partition coefficient (Wildman–Crippen LogP) is 1.73. The molecule has 0 aromatic rings. The van der Waals surface area contributed by atoms with E-state index in [4.69, 9.17) is 12.2 Å². The van der Waals surface area contributed by atoms with Crippen molar-refractivity contribution in [1.29, 1.82) is 0 Å². The first-order chi connectivity index (χ1) is 7.20. The number of hydrogen-bond donors (Lipinski definition) is 1. The molecule has 4 atom stereocenters. The van der Waals surface area contributed by atoms with Gasteiger partial charge in [-0.25, -0.2) is 0 Å². The molecule has 0 saturated heterocycles. The van der Waals surface area contributed by atoms with E-state index in [1.54, 1.807) is 0 Å². The molecule has 2 aliphatic carbocycles. The second-order valence-corrected chi connectivity index (χ2v) is 5.12. The summed E-state index contributed by atoms with van der Waals surface area (Å²) in [5.74, 6) is 4.95. The van der Waals surface area contributed by atoms with Crippen molar-refractivity contribution in [2.45, 2.75) is 44.6 Å². The summed E-state index contributed by atoms with van der Waals surface area (Å²) in [5.41, 5.74) is 5.71. The van der Waals surface area contributed by atoms with Crippen LogP contribution in [0.5, 0.6) is 0 Å². The molecule has 0 aliphatic heterocycles. The fourth-order valence-corrected chi connectivity index (χ4v) is 3.28. The summed E-state index contributed by atoms with van der Waals surface area (Å²) in [7, 11) is 0. The number of fused-ring (bicyclic) bond motifs is 2. The maximum Gasteiger partial charge on any atom is 0.150 e. The molecular formula is C13H19NO. The van der Waals surface area contributed by atoms with Crippen LogP contribution in [-0.2, 0) is 4.79 Å². The van der Waals surface area contributed by atoms with Crippen LogP contribution in [0.2, 0.25) is 0 Å². The molecule has 0 aromatic heterocycles. The van der Waals surface area contributed by atoms with Crippen molar-refractivity contribution in [3.05, 3.63) is 0 Å². The van der Waals surface area contributed by atoms with E-state index in [2.05, 4.69) is 5.92 Å². The maximum atomic E-state index is 11.7. The molecule has 0 radical (unpaired) electrons. The van der Waals surface area contributed by atoms with Gasteiger partial charge in [0.25, 0.3) is 0 Å². The van der Waals surface area contributed by atoms with Crippen LogP contribution in [0.15, 0.2) is 0 Å². The maximum absolute atomic E-state index is 11.7. The van der Waals surface area contributed by atoms with E-state index in [9.17, 15) is 4.79 Å². The Balaban J connectivity index is 1.82. The highest BCUT2D eigenvalue weighted by molar-refractivity contribution is 5.84. The zero-order chi connectivity index (χ0) is 10.8. The van der Waals surface area contributed by atoms with Crippen molar-refractivity contribution < 1.29 is 4.79 Å². The highest BCUT2D eigenvalue weighted by Gasteiger charge is 2.40. The summed E-state index contributed by atoms with van der Waals surface area (Å²) < 4.78 is 0. The highest BCUT2D eigenvalue weighted by Crippen LogP contribution is 2.49. The SMILES string of the molecule is C#CCC(N)C(=O)CC1CC2CCC1C2. The molecular weight excluding hydrogens is 186 g/mol. The van der Waals surface area contributed by atoms with Gasteiger partial charge in [0.15, 0.2) is 5.78 Å². The van der Waals surface area contributed by atoms with E-state index in [1.165, 1.54) is 25.7 Å². The van der Waals surface area contributed by atoms with Crippen molar-refractivity contribution in [2.24, 2.45) is 23.5 Å². The third kappa shape index (κ3) is 2.23. The van der Waals surface area contributed by atoms with Gasteiger partial charge in [-0.1, -0.05) is 6.42 Å². The molecule has 2 saturated carbocycles. The fourth-order valence-electron chi connectivity index (χ4n) is 3.28. The lowest BCUT2D eigenvalue weighted by Gasteiger charge is -2.21. The van der Waals surface area contributed by atoms with Gasteiger partial charge in [0.1, 0.15) is 0 Å². The lowest BCUT2D eigenvalue weighted by molar-refractivity contribution is -0.121. The molecule has 0 aromatic carbocycles. The predicted molar refractivity (Wildman–Crippen MR) is 60.0 cm³/mol. The Morgan fingerprint density at radius 1 is 1.47 bits per heavy atom. The van der Waals surface area contributed by atoms with Crippen LogP contribution < -0.4 is 5.73 Å². The molecule has 15 heavy (non-hydrogen) atoms. The van der Waals surface area contributed by atoms with Crippen molar-refractivity contribution in [3.63, 3.8) is 0 Å². The monoisotopic (exact) mass is 205 g/mol. The Labute approximate surface area is 91.6 Å². The Morgan fingerprint density at radius 3 is 2.80 bits per heavy atom. The molecule has 82 valence electrons. The Kier molecular flexibility index (Phi) is 3.11. The van der Waals surface area contributed by atoms with Gasteiger partial charge in [-0.2, -0.15) is 0 Å². The van der Waals surface area contributed by atoms with E-state index in [1.807, 2.05) is 0 Å². The van der Waals surface area contributed by atoms with Gasteiger partial charge in [-0.05, 0) is 37.0 Å². The summed E-state index contributed by atoms with van der Waals surface area (Å²) in [4.78, 5) is 11.7. The fraction of sp³-hybridized carbons (Fsp3) is 0.769. The van der Waals surface area contributed by atoms with Gasteiger partial charge >= 0.3 is 0 Å². The standard InChI is InChI=1S/C13H19NO/c1-2-3-12(14)13(15)8-11-7-9-4-5-10(11)6-9/h1,9-12H,3-8,14H2. The van der Waals surface area contributed by atoms with Crippen LogP contribution in [0, 0.1) is 30.1 Å². The minimum Gasteiger partial charge on any atom is -0.321 e. The third-order valence-corrected chi connectivity index (χ3v) is 4.10. The number of ketones is 1. The summed E-state index contributed by atoms with van der Waals surface area (Å²) in [5, 5.41) is 0. The molecule has 0 spiro atoms. The van der Waals surface area contributed by atoms with Crippen molar-refractivity contribution >= 4 is 5.78 Å². The van der Waals surface area contributed by atoms with E-state index in [0.29, 0.717) is 18.8 Å². The normalized spacial score (nSPS) is 35.1. The summed E-state index contributed by atoms with van der Waals surface area (Å²) in [6.45, 7) is 0. The number of carbonyl (C=O) groups excluding carboxylic acids is 1. The van der Waals surface area contributed by atoms with Crippen LogP contribution in [0.3, 0.4) is 0 Å². The van der Waals surface area contributed by atoms with Crippen LogP contribution in [-0.4, -0.2) is 11.8 Å². The van der Waals surface area contributed by atoms with Gasteiger partial charge in [0.2, 0.25) is 0 Å². The van der Waals surface area contributed by atoms with E-state index in [0.717, 1.165) is 11.8 Å². The van der Waals surface area contributed by atoms with Gasteiger partial charge in [0.05, 0.1) is 6.04 Å². The second-order valence-electron chi connectivity index (χ2n) is 5.12. The van der Waals surface area contributed by atoms with Crippen molar-refractivity contribution in [3.8, 4) is 12.3 Å². The second kappa shape index (κ2) is 4.37. The summed E-state index contributed by atoms with van der Waals surface area (Å²) in [6.07, 6.45) is 11.5. The van der Waals surface area contributed by atoms with Gasteiger partial charge < -0.3 is 5.73 Å². The molecule has 0 amide bonds. The van der Waals surface area contributed by atoms with Crippen LogP contribution >= 0.6 is 0 Å². The van der Waals surface area contributed by atoms with Crippen LogP contribution in [0.25, 0.3) is 0 Å². The van der Waals surface area contributed by atoms with Crippen molar-refractivity contribution in [1.82, 2.24) is 0 Å². The highest BCUT2D eigenvalue weighted by atomic mass is 16.1. The van der Waals surface area contributed by atoms with Gasteiger partial charge in [-0.15, -0.1) is 12.3 Å². The summed E-state index contributed by atoms with van der Waals surface area (Å²) >= 11 is 0. The average molecular weight is 205 g/mol. The first-order valence-corrected chi connectivity index (χ1v) is 5.92. The number of nitrogens with two attached hydrogens (primary N) is 1. The number of terminal acetylenes is 1. The van der Waals surface area contributed by atoms with Crippen LogP contribution in [0.4, 0.5) is 0 Å². The van der Waals surface area contributed by atoms with Crippen molar-refractivity contribution in [2.75, 3.05) is 0 Å². The zero-order valence-corrected chi connectivity index (χ0v) is 9.11.